The predicted molar refractivity (Wildman–Crippen MR) is 81.3 cm³/mol. The van der Waals surface area contributed by atoms with Gasteiger partial charge in [-0.1, -0.05) is 0 Å². The highest BCUT2D eigenvalue weighted by Gasteiger charge is 2.67. The van der Waals surface area contributed by atoms with Gasteiger partial charge in [0.25, 0.3) is 5.91 Å². The van der Waals surface area contributed by atoms with Crippen LogP contribution in [-0.2, 0) is 0 Å². The summed E-state index contributed by atoms with van der Waals surface area (Å²) in [6, 6.07) is 2.13. The van der Waals surface area contributed by atoms with Crippen LogP contribution >= 0.6 is 0 Å². The standard InChI is InChI=1S/C16H18N4O2/c17-14(21)10-6-19-15-8(1-2-18-15)12(10)20-13-9-5-16(22)4-7(9)3-11(13)16/h1-2,6-7,9,11,13,22H,3-5H2,(H2,17,21)(H2,18,19,20). The summed E-state index contributed by atoms with van der Waals surface area (Å²) < 4.78 is 0. The number of carbonyl (C=O) groups is 1. The monoisotopic (exact) mass is 298 g/mol. The second kappa shape index (κ2) is 3.81. The molecule has 2 heterocycles. The van der Waals surface area contributed by atoms with E-state index >= 15 is 0 Å². The van der Waals surface area contributed by atoms with E-state index in [4.69, 9.17) is 5.73 Å². The zero-order valence-corrected chi connectivity index (χ0v) is 12.0. The number of H-pyrrole nitrogens is 1. The Morgan fingerprint density at radius 2 is 2.36 bits per heavy atom. The Labute approximate surface area is 127 Å². The number of hydrogen-bond acceptors (Lipinski definition) is 4. The van der Waals surface area contributed by atoms with Gasteiger partial charge in [0.2, 0.25) is 0 Å². The van der Waals surface area contributed by atoms with Gasteiger partial charge in [-0.2, -0.15) is 0 Å². The highest BCUT2D eigenvalue weighted by atomic mass is 16.3. The maximum atomic E-state index is 11.8. The topological polar surface area (TPSA) is 104 Å². The molecule has 0 aromatic carbocycles. The van der Waals surface area contributed by atoms with Crippen molar-refractivity contribution in [3.05, 3.63) is 24.0 Å². The molecule has 0 saturated heterocycles. The van der Waals surface area contributed by atoms with Crippen LogP contribution in [0, 0.1) is 17.8 Å². The number of carbonyl (C=O) groups excluding carboxylic acids is 1. The molecule has 6 nitrogen and oxygen atoms in total. The van der Waals surface area contributed by atoms with Crippen molar-refractivity contribution in [3.63, 3.8) is 0 Å². The molecule has 2 aromatic heterocycles. The third-order valence-electron chi connectivity index (χ3n) is 6.12. The fourth-order valence-electron chi connectivity index (χ4n) is 5.29. The maximum absolute atomic E-state index is 11.8. The first-order valence-corrected chi connectivity index (χ1v) is 7.82. The van der Waals surface area contributed by atoms with Crippen LogP contribution in [0.15, 0.2) is 18.5 Å². The Morgan fingerprint density at radius 3 is 3.00 bits per heavy atom. The lowest BCUT2D eigenvalue weighted by molar-refractivity contribution is 0.0250. The predicted octanol–water partition coefficient (Wildman–Crippen LogP) is 1.23. The lowest BCUT2D eigenvalue weighted by atomic mass is 9.91. The van der Waals surface area contributed by atoms with Gasteiger partial charge in [-0.15, -0.1) is 0 Å². The summed E-state index contributed by atoms with van der Waals surface area (Å²) in [6.07, 6.45) is 6.25. The number of nitrogens with two attached hydrogens (primary N) is 1. The molecule has 6 rings (SSSR count). The molecule has 0 spiro atoms. The molecule has 0 aliphatic heterocycles. The maximum Gasteiger partial charge on any atom is 0.252 e. The number of rotatable bonds is 3. The minimum absolute atomic E-state index is 0.224. The van der Waals surface area contributed by atoms with Gasteiger partial charge in [-0.25, -0.2) is 4.98 Å². The highest BCUT2D eigenvalue weighted by molar-refractivity contribution is 6.06. The number of nitrogens with zero attached hydrogens (tertiary/aromatic N) is 1. The summed E-state index contributed by atoms with van der Waals surface area (Å²) in [4.78, 5) is 19.1. The first-order valence-electron chi connectivity index (χ1n) is 7.82. The van der Waals surface area contributed by atoms with Crippen LogP contribution in [0.4, 0.5) is 5.69 Å². The average molecular weight is 298 g/mol. The van der Waals surface area contributed by atoms with E-state index < -0.39 is 11.5 Å². The van der Waals surface area contributed by atoms with Crippen LogP contribution in [-0.4, -0.2) is 32.6 Å². The number of primary amides is 1. The first-order chi connectivity index (χ1) is 10.6. The highest BCUT2D eigenvalue weighted by Crippen LogP contribution is 2.65. The molecule has 22 heavy (non-hydrogen) atoms. The molecular weight excluding hydrogens is 280 g/mol. The molecule has 4 bridgehead atoms. The number of hydrogen-bond donors (Lipinski definition) is 4. The summed E-state index contributed by atoms with van der Waals surface area (Å²) in [7, 11) is 0. The molecule has 1 amide bonds. The molecular formula is C16H18N4O2. The van der Waals surface area contributed by atoms with Gasteiger partial charge in [-0.3, -0.25) is 4.79 Å². The van der Waals surface area contributed by atoms with Crippen molar-refractivity contribution < 1.29 is 9.90 Å². The summed E-state index contributed by atoms with van der Waals surface area (Å²) in [5.74, 6) is 0.920. The fourth-order valence-corrected chi connectivity index (χ4v) is 5.29. The van der Waals surface area contributed by atoms with Gasteiger partial charge >= 0.3 is 0 Å². The van der Waals surface area contributed by atoms with E-state index in [2.05, 4.69) is 15.3 Å². The molecule has 4 saturated carbocycles. The molecule has 5 unspecified atom stereocenters. The normalized spacial score (nSPS) is 38.2. The third kappa shape index (κ3) is 1.38. The number of pyridine rings is 1. The Hall–Kier alpha value is -2.08. The minimum atomic E-state index is -0.496. The van der Waals surface area contributed by atoms with E-state index in [9.17, 15) is 9.90 Å². The number of aliphatic hydroxyl groups is 1. The van der Waals surface area contributed by atoms with Crippen LogP contribution < -0.4 is 11.1 Å². The van der Waals surface area contributed by atoms with Gasteiger partial charge < -0.3 is 21.1 Å². The second-order valence-corrected chi connectivity index (χ2v) is 7.10. The second-order valence-electron chi connectivity index (χ2n) is 7.10. The Kier molecular flexibility index (Phi) is 2.16. The van der Waals surface area contributed by atoms with Gasteiger partial charge in [0.1, 0.15) is 5.65 Å². The van der Waals surface area contributed by atoms with E-state index in [1.54, 1.807) is 0 Å². The van der Waals surface area contributed by atoms with E-state index in [-0.39, 0.29) is 12.0 Å². The van der Waals surface area contributed by atoms with Crippen molar-refractivity contribution in [2.24, 2.45) is 23.5 Å². The molecule has 4 aliphatic carbocycles. The van der Waals surface area contributed by atoms with E-state index in [1.165, 1.54) is 6.20 Å². The smallest absolute Gasteiger partial charge is 0.252 e. The molecule has 2 aromatic rings. The number of fused-ring (bicyclic) bond motifs is 1. The number of aromatic nitrogens is 2. The summed E-state index contributed by atoms with van der Waals surface area (Å²) in [5.41, 5.74) is 6.93. The van der Waals surface area contributed by atoms with Crippen LogP contribution in [0.1, 0.15) is 29.6 Å². The van der Waals surface area contributed by atoms with Gasteiger partial charge in [0.05, 0.1) is 16.9 Å². The van der Waals surface area contributed by atoms with Crippen molar-refractivity contribution in [3.8, 4) is 0 Å². The van der Waals surface area contributed by atoms with Crippen molar-refractivity contribution >= 4 is 22.6 Å². The molecule has 6 heteroatoms. The lowest BCUT2D eigenvalue weighted by Gasteiger charge is -2.28. The van der Waals surface area contributed by atoms with E-state index in [1.807, 2.05) is 12.3 Å². The van der Waals surface area contributed by atoms with Gasteiger partial charge in [0, 0.05) is 29.7 Å². The minimum Gasteiger partial charge on any atom is -0.389 e. The van der Waals surface area contributed by atoms with Crippen LogP contribution in [0.2, 0.25) is 0 Å². The Balaban J connectivity index is 1.59. The number of amides is 1. The third-order valence-corrected chi connectivity index (χ3v) is 6.12. The summed E-state index contributed by atoms with van der Waals surface area (Å²) >= 11 is 0. The molecule has 4 aliphatic rings. The van der Waals surface area contributed by atoms with Crippen LogP contribution in [0.25, 0.3) is 11.0 Å². The van der Waals surface area contributed by atoms with Gasteiger partial charge in [0.15, 0.2) is 0 Å². The Bertz CT molecular complexity index is 801. The van der Waals surface area contributed by atoms with Crippen molar-refractivity contribution in [2.45, 2.75) is 30.9 Å². The molecule has 0 radical (unpaired) electrons. The van der Waals surface area contributed by atoms with E-state index in [0.717, 1.165) is 36.0 Å². The summed E-state index contributed by atoms with van der Waals surface area (Å²) in [6.45, 7) is 0. The largest absolute Gasteiger partial charge is 0.389 e. The SMILES string of the molecule is NC(=O)c1cnc2[nH]ccc2c1NC1C2CC3(O)CC2CC13. The number of anilines is 1. The Morgan fingerprint density at radius 1 is 1.50 bits per heavy atom. The zero-order valence-electron chi connectivity index (χ0n) is 12.0. The molecule has 5 N–H and O–H groups in total. The van der Waals surface area contributed by atoms with Crippen molar-refractivity contribution in [1.29, 1.82) is 0 Å². The first kappa shape index (κ1) is 12.5. The summed E-state index contributed by atoms with van der Waals surface area (Å²) in [5, 5.41) is 15.1. The number of aromatic amines is 1. The van der Waals surface area contributed by atoms with Crippen molar-refractivity contribution in [1.82, 2.24) is 9.97 Å². The van der Waals surface area contributed by atoms with E-state index in [0.29, 0.717) is 17.4 Å². The molecule has 4 fully saturated rings. The molecule has 114 valence electrons. The zero-order chi connectivity index (χ0) is 15.1. The quantitative estimate of drug-likeness (QED) is 0.684. The van der Waals surface area contributed by atoms with Crippen LogP contribution in [0.5, 0.6) is 0 Å². The van der Waals surface area contributed by atoms with Crippen molar-refractivity contribution in [2.75, 3.05) is 5.32 Å². The van der Waals surface area contributed by atoms with Gasteiger partial charge in [-0.05, 0) is 37.2 Å². The van der Waals surface area contributed by atoms with Crippen LogP contribution in [0.3, 0.4) is 0 Å². The molecule has 5 atom stereocenters. The lowest BCUT2D eigenvalue weighted by Crippen LogP contribution is -2.37. The number of nitrogens with one attached hydrogen (secondary N) is 2. The fraction of sp³-hybridized carbons (Fsp3) is 0.500. The average Bonchev–Trinajstić information content (AvgIpc) is 3.20.